The minimum Gasteiger partial charge on any atom is -0.478 e. The van der Waals surface area contributed by atoms with Crippen molar-refractivity contribution in [1.82, 2.24) is 4.57 Å². The zero-order valence-corrected chi connectivity index (χ0v) is 19.5. The summed E-state index contributed by atoms with van der Waals surface area (Å²) >= 11 is 8.82. The van der Waals surface area contributed by atoms with Crippen LogP contribution in [0, 0.1) is 6.92 Å². The Morgan fingerprint density at radius 2 is 1.84 bits per heavy atom. The van der Waals surface area contributed by atoms with Gasteiger partial charge in [-0.2, -0.15) is 0 Å². The van der Waals surface area contributed by atoms with E-state index in [9.17, 15) is 19.5 Å². The zero-order chi connectivity index (χ0) is 23.1. The lowest BCUT2D eigenvalue weighted by Gasteiger charge is -2.08. The summed E-state index contributed by atoms with van der Waals surface area (Å²) in [7, 11) is 1.80. The smallest absolute Gasteiger partial charge is 0.339 e. The van der Waals surface area contributed by atoms with Gasteiger partial charge < -0.3 is 14.4 Å². The highest BCUT2D eigenvalue weighted by molar-refractivity contribution is 9.10. The molecule has 0 atom stereocenters. The van der Waals surface area contributed by atoms with Crippen molar-refractivity contribution >= 4 is 45.8 Å². The largest absolute Gasteiger partial charge is 0.478 e. The Hall–Kier alpha value is -2.90. The molecule has 3 rings (SSSR count). The number of hydrogen-bond donors (Lipinski definition) is 1. The highest BCUT2D eigenvalue weighted by Crippen LogP contribution is 2.28. The molecule has 0 amide bonds. The van der Waals surface area contributed by atoms with E-state index in [-0.39, 0.29) is 5.56 Å². The second-order valence-corrected chi connectivity index (χ2v) is 7.73. The zero-order valence-electron chi connectivity index (χ0n) is 17.2. The number of halogens is 2. The monoisotopic (exact) mass is 505 g/mol. The Morgan fingerprint density at radius 3 is 2.42 bits per heavy atom. The third-order valence-corrected chi connectivity index (χ3v) is 5.48. The number of aldehydes is 1. The number of aromatic nitrogens is 1. The van der Waals surface area contributed by atoms with E-state index in [1.807, 2.05) is 0 Å². The number of carbonyl (C=O) groups excluding carboxylic acids is 2. The number of carboxylic acids is 1. The summed E-state index contributed by atoms with van der Waals surface area (Å²) in [5.74, 6) is -1.40. The molecule has 1 heterocycles. The van der Waals surface area contributed by atoms with Crippen molar-refractivity contribution in [2.75, 3.05) is 6.61 Å². The van der Waals surface area contributed by atoms with Crippen LogP contribution in [0.1, 0.15) is 43.7 Å². The van der Waals surface area contributed by atoms with Crippen molar-refractivity contribution in [3.05, 3.63) is 80.4 Å². The van der Waals surface area contributed by atoms with Gasteiger partial charge in [0.15, 0.2) is 6.29 Å². The molecule has 0 aliphatic heterocycles. The molecule has 6 nitrogen and oxygen atoms in total. The first-order chi connectivity index (χ1) is 14.7. The maximum atomic E-state index is 11.9. The summed E-state index contributed by atoms with van der Waals surface area (Å²) in [5, 5.41) is 9.91. The summed E-state index contributed by atoms with van der Waals surface area (Å²) in [5.41, 5.74) is 3.26. The fraction of sp³-hybridized carbons (Fsp3) is 0.174. The first-order valence-electron chi connectivity index (χ1n) is 9.27. The van der Waals surface area contributed by atoms with Gasteiger partial charge in [0, 0.05) is 39.1 Å². The SMILES string of the molecule is CCOC(=O)c1cc(-c2ccccc2C(=O)O)n(C)c1C.O=Cc1ccc(Cl)cc1Br. The molecule has 1 N–H and O–H groups in total. The summed E-state index contributed by atoms with van der Waals surface area (Å²) < 4.78 is 7.55. The Kier molecular flexibility index (Phi) is 8.59. The number of rotatable bonds is 5. The van der Waals surface area contributed by atoms with Crippen LogP contribution >= 0.6 is 27.5 Å². The molecule has 0 bridgehead atoms. The summed E-state index contributed by atoms with van der Waals surface area (Å²) in [6, 6.07) is 13.4. The standard InChI is InChI=1S/C16H17NO4.C7H4BrClO/c1-4-21-16(20)13-9-14(17(3)10(13)2)11-7-5-6-8-12(11)15(18)19;8-7-3-6(9)2-1-5(7)4-10/h5-9H,4H2,1-3H3,(H,18,19);1-4H. The van der Waals surface area contributed by atoms with Gasteiger partial charge >= 0.3 is 11.9 Å². The molecule has 0 aliphatic rings. The molecule has 0 saturated carbocycles. The van der Waals surface area contributed by atoms with E-state index >= 15 is 0 Å². The number of ether oxygens (including phenoxy) is 1. The highest BCUT2D eigenvalue weighted by atomic mass is 79.9. The predicted molar refractivity (Wildman–Crippen MR) is 123 cm³/mol. The maximum absolute atomic E-state index is 11.9. The fourth-order valence-electron chi connectivity index (χ4n) is 2.86. The molecule has 1 aromatic heterocycles. The van der Waals surface area contributed by atoms with Gasteiger partial charge in [0.2, 0.25) is 0 Å². The van der Waals surface area contributed by atoms with E-state index < -0.39 is 11.9 Å². The molecule has 0 unspecified atom stereocenters. The van der Waals surface area contributed by atoms with Crippen LogP contribution in [-0.4, -0.2) is 34.5 Å². The summed E-state index contributed by atoms with van der Waals surface area (Å²) in [6.07, 6.45) is 0.778. The molecular formula is C23H21BrClNO5. The van der Waals surface area contributed by atoms with Gasteiger partial charge in [0.05, 0.1) is 17.7 Å². The first kappa shape index (κ1) is 24.4. The first-order valence-corrected chi connectivity index (χ1v) is 10.4. The van der Waals surface area contributed by atoms with Crippen LogP contribution in [-0.2, 0) is 11.8 Å². The molecule has 31 heavy (non-hydrogen) atoms. The van der Waals surface area contributed by atoms with Crippen molar-refractivity contribution in [3.63, 3.8) is 0 Å². The predicted octanol–water partition coefficient (Wildman–Crippen LogP) is 5.79. The molecule has 3 aromatic rings. The van der Waals surface area contributed by atoms with Crippen molar-refractivity contribution in [1.29, 1.82) is 0 Å². The van der Waals surface area contributed by atoms with Gasteiger partial charge in [-0.25, -0.2) is 9.59 Å². The summed E-state index contributed by atoms with van der Waals surface area (Å²) in [4.78, 5) is 33.5. The minimum atomic E-state index is -0.998. The van der Waals surface area contributed by atoms with Gasteiger partial charge in [0.25, 0.3) is 0 Å². The van der Waals surface area contributed by atoms with Crippen LogP contribution in [0.25, 0.3) is 11.3 Å². The van der Waals surface area contributed by atoms with Crippen molar-refractivity contribution < 1.29 is 24.2 Å². The maximum Gasteiger partial charge on any atom is 0.339 e. The van der Waals surface area contributed by atoms with Crippen molar-refractivity contribution in [2.24, 2.45) is 7.05 Å². The average molecular weight is 507 g/mol. The lowest BCUT2D eigenvalue weighted by atomic mass is 10.0. The van der Waals surface area contributed by atoms with Gasteiger partial charge in [0.1, 0.15) is 0 Å². The topological polar surface area (TPSA) is 85.6 Å². The number of aromatic carboxylic acids is 1. The van der Waals surface area contributed by atoms with E-state index in [0.29, 0.717) is 34.0 Å². The van der Waals surface area contributed by atoms with Crippen LogP contribution in [0.15, 0.2) is 53.0 Å². The molecule has 0 spiro atoms. The third-order valence-electron chi connectivity index (χ3n) is 4.55. The second kappa shape index (κ2) is 10.9. The Morgan fingerprint density at radius 1 is 1.16 bits per heavy atom. The van der Waals surface area contributed by atoms with E-state index in [1.54, 1.807) is 74.0 Å². The van der Waals surface area contributed by atoms with E-state index in [2.05, 4.69) is 15.9 Å². The summed E-state index contributed by atoms with van der Waals surface area (Å²) in [6.45, 7) is 3.85. The molecule has 8 heteroatoms. The lowest BCUT2D eigenvalue weighted by Crippen LogP contribution is -2.06. The fourth-order valence-corrected chi connectivity index (χ4v) is 3.64. The highest BCUT2D eigenvalue weighted by Gasteiger charge is 2.20. The average Bonchev–Trinajstić information content (AvgIpc) is 3.03. The molecule has 162 valence electrons. The Labute approximate surface area is 193 Å². The van der Waals surface area contributed by atoms with Crippen LogP contribution < -0.4 is 0 Å². The Bertz CT molecular complexity index is 1120. The molecule has 2 aromatic carbocycles. The van der Waals surface area contributed by atoms with Crippen molar-refractivity contribution in [2.45, 2.75) is 13.8 Å². The van der Waals surface area contributed by atoms with Gasteiger partial charge in [-0.05, 0) is 44.2 Å². The number of hydrogen-bond acceptors (Lipinski definition) is 4. The number of benzene rings is 2. The number of nitrogens with zero attached hydrogens (tertiary/aromatic N) is 1. The van der Waals surface area contributed by atoms with Crippen LogP contribution in [0.3, 0.4) is 0 Å². The van der Waals surface area contributed by atoms with Gasteiger partial charge in [-0.3, -0.25) is 4.79 Å². The molecule has 0 aliphatic carbocycles. The quantitative estimate of drug-likeness (QED) is 0.350. The number of carboxylic acid groups (broad SMARTS) is 1. The van der Waals surface area contributed by atoms with Crippen LogP contribution in [0.4, 0.5) is 0 Å². The van der Waals surface area contributed by atoms with Crippen LogP contribution in [0.5, 0.6) is 0 Å². The third kappa shape index (κ3) is 5.83. The molecule has 0 saturated heterocycles. The molecule has 0 radical (unpaired) electrons. The second-order valence-electron chi connectivity index (χ2n) is 6.44. The van der Waals surface area contributed by atoms with Gasteiger partial charge in [-0.15, -0.1) is 0 Å². The molecule has 0 fully saturated rings. The van der Waals surface area contributed by atoms with Crippen molar-refractivity contribution in [3.8, 4) is 11.3 Å². The lowest BCUT2D eigenvalue weighted by molar-refractivity contribution is 0.0525. The van der Waals surface area contributed by atoms with Gasteiger partial charge in [-0.1, -0.05) is 45.7 Å². The Balaban J connectivity index is 0.000000285. The molecular weight excluding hydrogens is 486 g/mol. The van der Waals surface area contributed by atoms with E-state index in [4.69, 9.17) is 16.3 Å². The number of carbonyl (C=O) groups is 3. The van der Waals surface area contributed by atoms with E-state index in [0.717, 1.165) is 16.5 Å². The van der Waals surface area contributed by atoms with Crippen LogP contribution in [0.2, 0.25) is 5.02 Å². The minimum absolute atomic E-state index is 0.202. The normalized spacial score (nSPS) is 10.1. The number of esters is 1. The van der Waals surface area contributed by atoms with E-state index in [1.165, 1.54) is 0 Å².